The number of hydrogen-bond acceptors (Lipinski definition) is 0. The Morgan fingerprint density at radius 3 is 2.50 bits per heavy atom. The topological polar surface area (TPSA) is 0 Å². The van der Waals surface area contributed by atoms with Crippen molar-refractivity contribution in [2.75, 3.05) is 0 Å². The second-order valence-corrected chi connectivity index (χ2v) is 4.33. The van der Waals surface area contributed by atoms with Crippen LogP contribution in [0.25, 0.3) is 0 Å². The fraction of sp³-hybridized carbons (Fsp3) is 0.455. The molecule has 0 amide bonds. The highest BCUT2D eigenvalue weighted by Gasteiger charge is 2.32. The molecule has 0 aliphatic heterocycles. The second-order valence-electron chi connectivity index (χ2n) is 3.86. The predicted molar refractivity (Wildman–Crippen MR) is 52.4 cm³/mol. The van der Waals surface area contributed by atoms with Crippen molar-refractivity contribution in [1.29, 1.82) is 0 Å². The van der Waals surface area contributed by atoms with E-state index in [0.717, 1.165) is 12.8 Å². The summed E-state index contributed by atoms with van der Waals surface area (Å²) in [6, 6.07) is 2.43. The molecule has 0 spiro atoms. The maximum Gasteiger partial charge on any atom is 0.128 e. The number of alkyl halides is 1. The summed E-state index contributed by atoms with van der Waals surface area (Å²) >= 11 is 6.03. The van der Waals surface area contributed by atoms with E-state index in [1.807, 2.05) is 0 Å². The molecule has 1 unspecified atom stereocenters. The fourth-order valence-corrected chi connectivity index (χ4v) is 1.94. The highest BCUT2D eigenvalue weighted by Crippen LogP contribution is 2.45. The molecule has 2 rings (SSSR count). The largest absolute Gasteiger partial charge is 0.207 e. The van der Waals surface area contributed by atoms with Crippen LogP contribution in [-0.2, 0) is 0 Å². The maximum absolute atomic E-state index is 13.4. The Labute approximate surface area is 86.9 Å². The summed E-state index contributed by atoms with van der Waals surface area (Å²) in [5.74, 6) is -0.447. The number of halogens is 3. The van der Waals surface area contributed by atoms with E-state index in [-0.39, 0.29) is 11.2 Å². The van der Waals surface area contributed by atoms with Gasteiger partial charge in [-0.25, -0.2) is 8.78 Å². The molecule has 0 radical (unpaired) electrons. The third-order valence-corrected chi connectivity index (χ3v) is 3.20. The lowest BCUT2D eigenvalue weighted by atomic mass is 10.1. The molecule has 0 N–H and O–H groups in total. The van der Waals surface area contributed by atoms with Crippen LogP contribution >= 0.6 is 11.6 Å². The Balaban J connectivity index is 2.36. The van der Waals surface area contributed by atoms with Crippen molar-refractivity contribution in [3.63, 3.8) is 0 Å². The molecule has 1 fully saturated rings. The van der Waals surface area contributed by atoms with Crippen LogP contribution in [0.2, 0.25) is 0 Å². The van der Waals surface area contributed by atoms with E-state index >= 15 is 0 Å². The van der Waals surface area contributed by atoms with Crippen LogP contribution in [-0.4, -0.2) is 0 Å². The van der Waals surface area contributed by atoms with Crippen LogP contribution in [0.5, 0.6) is 0 Å². The van der Waals surface area contributed by atoms with Crippen LogP contribution in [0.3, 0.4) is 0 Å². The van der Waals surface area contributed by atoms with E-state index < -0.39 is 5.82 Å². The molecule has 1 aromatic rings. The number of hydrogen-bond donors (Lipinski definition) is 0. The van der Waals surface area contributed by atoms with Gasteiger partial charge in [0.2, 0.25) is 0 Å². The van der Waals surface area contributed by atoms with Gasteiger partial charge in [-0.2, -0.15) is 0 Å². The molecule has 0 heterocycles. The summed E-state index contributed by atoms with van der Waals surface area (Å²) in [5, 5.41) is -0.370. The van der Waals surface area contributed by atoms with Gasteiger partial charge < -0.3 is 0 Å². The van der Waals surface area contributed by atoms with Gasteiger partial charge >= 0.3 is 0 Å². The van der Waals surface area contributed by atoms with E-state index in [1.165, 1.54) is 12.1 Å². The second kappa shape index (κ2) is 3.50. The van der Waals surface area contributed by atoms with Crippen LogP contribution in [0.15, 0.2) is 12.1 Å². The van der Waals surface area contributed by atoms with E-state index in [1.54, 1.807) is 6.92 Å². The van der Waals surface area contributed by atoms with Crippen molar-refractivity contribution >= 4 is 11.6 Å². The molecule has 1 aliphatic rings. The molecule has 14 heavy (non-hydrogen) atoms. The van der Waals surface area contributed by atoms with Crippen LogP contribution < -0.4 is 0 Å². The van der Waals surface area contributed by atoms with Gasteiger partial charge in [0, 0.05) is 5.56 Å². The summed E-state index contributed by atoms with van der Waals surface area (Å²) in [4.78, 5) is 0. The Kier molecular flexibility index (Phi) is 2.48. The van der Waals surface area contributed by atoms with Gasteiger partial charge in [-0.15, -0.1) is 11.6 Å². The SMILES string of the molecule is Cc1cc(F)c(C(Cl)C2CC2)cc1F. The number of aryl methyl sites for hydroxylation is 1. The molecule has 0 saturated heterocycles. The lowest BCUT2D eigenvalue weighted by Gasteiger charge is -2.10. The Bertz CT molecular complexity index is 359. The minimum absolute atomic E-state index is 0.303. The van der Waals surface area contributed by atoms with Gasteiger partial charge in [-0.3, -0.25) is 0 Å². The molecule has 1 saturated carbocycles. The minimum Gasteiger partial charge on any atom is -0.207 e. The average Bonchev–Trinajstić information content (AvgIpc) is 2.93. The van der Waals surface area contributed by atoms with Crippen molar-refractivity contribution in [3.05, 3.63) is 34.9 Å². The monoisotopic (exact) mass is 216 g/mol. The summed E-state index contributed by atoms with van der Waals surface area (Å²) < 4.78 is 26.6. The first kappa shape index (κ1) is 9.91. The maximum atomic E-state index is 13.4. The highest BCUT2D eigenvalue weighted by molar-refractivity contribution is 6.21. The first-order valence-corrected chi connectivity index (χ1v) is 5.13. The van der Waals surface area contributed by atoms with E-state index in [2.05, 4.69) is 0 Å². The Morgan fingerprint density at radius 1 is 1.29 bits per heavy atom. The van der Waals surface area contributed by atoms with Crippen molar-refractivity contribution in [3.8, 4) is 0 Å². The molecular formula is C11H11ClF2. The van der Waals surface area contributed by atoms with Gasteiger partial charge in [0.1, 0.15) is 11.6 Å². The van der Waals surface area contributed by atoms with Gasteiger partial charge in [-0.05, 0) is 43.4 Å². The summed E-state index contributed by atoms with van der Waals surface area (Å²) in [6.07, 6.45) is 2.03. The van der Waals surface area contributed by atoms with Crippen LogP contribution in [0.1, 0.15) is 29.3 Å². The van der Waals surface area contributed by atoms with E-state index in [4.69, 9.17) is 11.6 Å². The quantitative estimate of drug-likeness (QED) is 0.657. The van der Waals surface area contributed by atoms with Crippen LogP contribution in [0, 0.1) is 24.5 Å². The van der Waals surface area contributed by atoms with Crippen molar-refractivity contribution in [2.45, 2.75) is 25.1 Å². The lowest BCUT2D eigenvalue weighted by Crippen LogP contribution is -1.99. The Morgan fingerprint density at radius 2 is 1.93 bits per heavy atom. The summed E-state index contributed by atoms with van der Waals surface area (Å²) in [7, 11) is 0. The van der Waals surface area contributed by atoms with Crippen LogP contribution in [0.4, 0.5) is 8.78 Å². The minimum atomic E-state index is -0.393. The summed E-state index contributed by atoms with van der Waals surface area (Å²) in [6.45, 7) is 1.54. The first-order valence-electron chi connectivity index (χ1n) is 4.69. The van der Waals surface area contributed by atoms with E-state index in [0.29, 0.717) is 17.0 Å². The molecule has 0 nitrogen and oxygen atoms in total. The molecular weight excluding hydrogens is 206 g/mol. The smallest absolute Gasteiger partial charge is 0.128 e. The zero-order chi connectivity index (χ0) is 10.3. The lowest BCUT2D eigenvalue weighted by molar-refractivity contribution is 0.569. The predicted octanol–water partition coefficient (Wildman–Crippen LogP) is 3.96. The molecule has 1 aliphatic carbocycles. The third-order valence-electron chi connectivity index (χ3n) is 2.61. The normalized spacial score (nSPS) is 18.3. The van der Waals surface area contributed by atoms with Gasteiger partial charge in [0.25, 0.3) is 0 Å². The fourth-order valence-electron chi connectivity index (χ4n) is 1.52. The number of rotatable bonds is 2. The third kappa shape index (κ3) is 1.76. The average molecular weight is 217 g/mol. The molecule has 76 valence electrons. The van der Waals surface area contributed by atoms with Gasteiger partial charge in [0.05, 0.1) is 5.38 Å². The summed E-state index contributed by atoms with van der Waals surface area (Å²) in [5.41, 5.74) is 0.628. The van der Waals surface area contributed by atoms with Gasteiger partial charge in [0.15, 0.2) is 0 Å². The molecule has 1 atom stereocenters. The van der Waals surface area contributed by atoms with Crippen molar-refractivity contribution in [2.24, 2.45) is 5.92 Å². The molecule has 0 bridgehead atoms. The number of benzene rings is 1. The first-order chi connectivity index (χ1) is 6.59. The standard InChI is InChI=1S/C11H11ClF2/c1-6-4-10(14)8(5-9(6)13)11(12)7-2-3-7/h4-5,7,11H,2-3H2,1H3. The van der Waals surface area contributed by atoms with Gasteiger partial charge in [-0.1, -0.05) is 0 Å². The zero-order valence-corrected chi connectivity index (χ0v) is 8.61. The Hall–Kier alpha value is -0.630. The van der Waals surface area contributed by atoms with Crippen molar-refractivity contribution in [1.82, 2.24) is 0 Å². The van der Waals surface area contributed by atoms with Crippen molar-refractivity contribution < 1.29 is 8.78 Å². The highest BCUT2D eigenvalue weighted by atomic mass is 35.5. The zero-order valence-electron chi connectivity index (χ0n) is 7.86. The molecule has 1 aromatic carbocycles. The molecule has 0 aromatic heterocycles. The van der Waals surface area contributed by atoms with E-state index in [9.17, 15) is 8.78 Å². The molecule has 3 heteroatoms.